The third kappa shape index (κ3) is 3.06. The van der Waals surface area contributed by atoms with E-state index < -0.39 is 5.97 Å². The van der Waals surface area contributed by atoms with Gasteiger partial charge in [-0.05, 0) is 24.6 Å². The minimum absolute atomic E-state index is 0.0651. The summed E-state index contributed by atoms with van der Waals surface area (Å²) in [6, 6.07) is 14.2. The summed E-state index contributed by atoms with van der Waals surface area (Å²) in [5.74, 6) is -0.856. The van der Waals surface area contributed by atoms with Gasteiger partial charge in [0, 0.05) is 0 Å². The summed E-state index contributed by atoms with van der Waals surface area (Å²) < 4.78 is 5.71. The van der Waals surface area contributed by atoms with Crippen LogP contribution in [0.25, 0.3) is 0 Å². The highest BCUT2D eigenvalue weighted by Gasteiger charge is 2.17. The van der Waals surface area contributed by atoms with Crippen molar-refractivity contribution in [3.05, 3.63) is 64.7 Å². The Labute approximate surface area is 116 Å². The van der Waals surface area contributed by atoms with Crippen molar-refractivity contribution >= 4 is 17.6 Å². The van der Waals surface area contributed by atoms with E-state index in [1.807, 2.05) is 37.3 Å². The summed E-state index contributed by atoms with van der Waals surface area (Å²) in [5.41, 5.74) is 1.02. The first-order valence-corrected chi connectivity index (χ1v) is 6.21. The van der Waals surface area contributed by atoms with Crippen molar-refractivity contribution in [3.63, 3.8) is 0 Å². The van der Waals surface area contributed by atoms with E-state index in [0.29, 0.717) is 5.02 Å². The molecule has 0 heterocycles. The third-order valence-corrected chi connectivity index (χ3v) is 3.06. The Bertz CT molecular complexity index is 581. The molecule has 2 aromatic carbocycles. The number of halogens is 1. The highest BCUT2D eigenvalue weighted by atomic mass is 35.5. The number of carbonyl (C=O) groups is 1. The number of carboxylic acids is 1. The third-order valence-electron chi connectivity index (χ3n) is 2.76. The van der Waals surface area contributed by atoms with Crippen LogP contribution in [0, 0.1) is 0 Å². The fourth-order valence-corrected chi connectivity index (χ4v) is 1.98. The lowest BCUT2D eigenvalue weighted by Crippen LogP contribution is -2.07. The monoisotopic (exact) mass is 276 g/mol. The molecule has 3 nitrogen and oxygen atoms in total. The lowest BCUT2D eigenvalue weighted by atomic mass is 10.1. The van der Waals surface area contributed by atoms with E-state index in [1.54, 1.807) is 12.1 Å². The van der Waals surface area contributed by atoms with Crippen LogP contribution in [0.1, 0.15) is 28.9 Å². The Balaban J connectivity index is 2.31. The zero-order chi connectivity index (χ0) is 13.8. The molecule has 0 aliphatic carbocycles. The number of rotatable bonds is 4. The Morgan fingerprint density at radius 1 is 1.16 bits per heavy atom. The molecule has 2 rings (SSSR count). The van der Waals surface area contributed by atoms with Crippen molar-refractivity contribution in [2.24, 2.45) is 0 Å². The summed E-state index contributed by atoms with van der Waals surface area (Å²) in [4.78, 5) is 11.2. The molecule has 0 spiro atoms. The van der Waals surface area contributed by atoms with Crippen molar-refractivity contribution in [1.29, 1.82) is 0 Å². The van der Waals surface area contributed by atoms with Gasteiger partial charge >= 0.3 is 5.97 Å². The quantitative estimate of drug-likeness (QED) is 0.911. The van der Waals surface area contributed by atoms with Gasteiger partial charge < -0.3 is 9.84 Å². The molecule has 0 amide bonds. The van der Waals surface area contributed by atoms with E-state index >= 15 is 0 Å². The standard InChI is InChI=1S/C15H13ClO3/c1-10(11-6-3-2-4-7-11)19-14-12(15(17)18)8-5-9-13(14)16/h2-10H,1H3,(H,17,18). The SMILES string of the molecule is CC(Oc1c(Cl)cccc1C(=O)O)c1ccccc1. The molecular formula is C15H13ClO3. The number of carboxylic acid groups (broad SMARTS) is 1. The molecule has 0 saturated carbocycles. The van der Waals surface area contributed by atoms with Gasteiger partial charge in [-0.15, -0.1) is 0 Å². The van der Waals surface area contributed by atoms with Crippen LogP contribution in [0.15, 0.2) is 48.5 Å². The molecule has 1 atom stereocenters. The highest BCUT2D eigenvalue weighted by molar-refractivity contribution is 6.32. The van der Waals surface area contributed by atoms with E-state index in [4.69, 9.17) is 21.4 Å². The summed E-state index contributed by atoms with van der Waals surface area (Å²) in [6.45, 7) is 1.85. The molecule has 0 bridgehead atoms. The Morgan fingerprint density at radius 3 is 2.47 bits per heavy atom. The molecule has 98 valence electrons. The molecule has 0 fully saturated rings. The van der Waals surface area contributed by atoms with E-state index in [2.05, 4.69) is 0 Å². The van der Waals surface area contributed by atoms with Gasteiger partial charge in [0.05, 0.1) is 5.02 Å². The number of hydrogen-bond donors (Lipinski definition) is 1. The molecule has 2 aromatic rings. The van der Waals surface area contributed by atoms with Crippen LogP contribution in [0.2, 0.25) is 5.02 Å². The molecule has 0 aliphatic rings. The van der Waals surface area contributed by atoms with Crippen LogP contribution in [0.5, 0.6) is 5.75 Å². The fraction of sp³-hybridized carbons (Fsp3) is 0.133. The fourth-order valence-electron chi connectivity index (χ4n) is 1.77. The van der Waals surface area contributed by atoms with Crippen molar-refractivity contribution in [3.8, 4) is 5.75 Å². The maximum absolute atomic E-state index is 11.2. The average Bonchev–Trinajstić information content (AvgIpc) is 2.41. The predicted molar refractivity (Wildman–Crippen MR) is 73.9 cm³/mol. The lowest BCUT2D eigenvalue weighted by molar-refractivity contribution is 0.0689. The Kier molecular flexibility index (Phi) is 4.07. The normalized spacial score (nSPS) is 11.9. The molecular weight excluding hydrogens is 264 g/mol. The Morgan fingerprint density at radius 2 is 1.84 bits per heavy atom. The van der Waals surface area contributed by atoms with E-state index in [1.165, 1.54) is 6.07 Å². The van der Waals surface area contributed by atoms with Crippen molar-refractivity contribution in [2.45, 2.75) is 13.0 Å². The molecule has 0 aromatic heterocycles. The van der Waals surface area contributed by atoms with Crippen LogP contribution < -0.4 is 4.74 Å². The zero-order valence-electron chi connectivity index (χ0n) is 10.3. The minimum Gasteiger partial charge on any atom is -0.484 e. The number of aromatic carboxylic acids is 1. The van der Waals surface area contributed by atoms with Crippen LogP contribution in [-0.4, -0.2) is 11.1 Å². The first-order chi connectivity index (χ1) is 9.09. The van der Waals surface area contributed by atoms with Crippen LogP contribution in [0.3, 0.4) is 0 Å². The number of hydrogen-bond acceptors (Lipinski definition) is 2. The summed E-state index contributed by atoms with van der Waals surface area (Å²) in [7, 11) is 0. The lowest BCUT2D eigenvalue weighted by Gasteiger charge is -2.17. The average molecular weight is 277 g/mol. The number of ether oxygens (including phenoxy) is 1. The molecule has 1 unspecified atom stereocenters. The first-order valence-electron chi connectivity index (χ1n) is 5.83. The second-order valence-electron chi connectivity index (χ2n) is 4.09. The van der Waals surface area contributed by atoms with E-state index in [9.17, 15) is 4.79 Å². The maximum Gasteiger partial charge on any atom is 0.339 e. The van der Waals surface area contributed by atoms with Crippen molar-refractivity contribution in [1.82, 2.24) is 0 Å². The zero-order valence-corrected chi connectivity index (χ0v) is 11.1. The highest BCUT2D eigenvalue weighted by Crippen LogP contribution is 2.32. The second-order valence-corrected chi connectivity index (χ2v) is 4.50. The molecule has 4 heteroatoms. The van der Waals surface area contributed by atoms with Crippen LogP contribution >= 0.6 is 11.6 Å². The molecule has 0 radical (unpaired) electrons. The first kappa shape index (κ1) is 13.4. The van der Waals surface area contributed by atoms with Gasteiger partial charge in [-0.25, -0.2) is 4.79 Å². The Hall–Kier alpha value is -2.00. The summed E-state index contributed by atoms with van der Waals surface area (Å²) in [5, 5.41) is 9.43. The topological polar surface area (TPSA) is 46.5 Å². The van der Waals surface area contributed by atoms with E-state index in [-0.39, 0.29) is 17.4 Å². The van der Waals surface area contributed by atoms with Gasteiger partial charge in [0.1, 0.15) is 11.7 Å². The number of benzene rings is 2. The van der Waals surface area contributed by atoms with Crippen molar-refractivity contribution in [2.75, 3.05) is 0 Å². The molecule has 1 N–H and O–H groups in total. The van der Waals surface area contributed by atoms with Gasteiger partial charge in [0.15, 0.2) is 5.75 Å². The second kappa shape index (κ2) is 5.76. The minimum atomic E-state index is -1.06. The number of para-hydroxylation sites is 1. The molecule has 0 aliphatic heterocycles. The summed E-state index contributed by atoms with van der Waals surface area (Å²) >= 11 is 6.02. The van der Waals surface area contributed by atoms with Gasteiger partial charge in [-0.1, -0.05) is 48.0 Å². The maximum atomic E-state index is 11.2. The molecule has 0 saturated heterocycles. The van der Waals surface area contributed by atoms with Crippen LogP contribution in [-0.2, 0) is 0 Å². The van der Waals surface area contributed by atoms with Gasteiger partial charge in [0.2, 0.25) is 0 Å². The van der Waals surface area contributed by atoms with E-state index in [0.717, 1.165) is 5.56 Å². The van der Waals surface area contributed by atoms with Crippen LogP contribution in [0.4, 0.5) is 0 Å². The van der Waals surface area contributed by atoms with Crippen molar-refractivity contribution < 1.29 is 14.6 Å². The molecule has 19 heavy (non-hydrogen) atoms. The predicted octanol–water partition coefficient (Wildman–Crippen LogP) is 4.18. The van der Waals surface area contributed by atoms with Gasteiger partial charge in [-0.3, -0.25) is 0 Å². The summed E-state index contributed by atoms with van der Waals surface area (Å²) in [6.07, 6.45) is -0.279. The smallest absolute Gasteiger partial charge is 0.339 e. The largest absolute Gasteiger partial charge is 0.484 e. The van der Waals surface area contributed by atoms with Gasteiger partial charge in [0.25, 0.3) is 0 Å². The van der Waals surface area contributed by atoms with Gasteiger partial charge in [-0.2, -0.15) is 0 Å².